The van der Waals surface area contributed by atoms with Crippen molar-refractivity contribution < 1.29 is 9.90 Å². The molecule has 0 bridgehead atoms. The van der Waals surface area contributed by atoms with Gasteiger partial charge < -0.3 is 9.67 Å². The number of nitrogens with zero attached hydrogens (tertiary/aromatic N) is 2. The first kappa shape index (κ1) is 11.7. The first-order chi connectivity index (χ1) is 8.65. The zero-order chi connectivity index (χ0) is 12.7. The summed E-state index contributed by atoms with van der Waals surface area (Å²) in [7, 11) is 0. The van der Waals surface area contributed by atoms with Gasteiger partial charge in [0.2, 0.25) is 0 Å². The molecule has 6 heteroatoms. The first-order valence-corrected chi connectivity index (χ1v) is 6.87. The smallest absolute Gasteiger partial charge is 0.308 e. The molecule has 1 unspecified atom stereocenters. The largest absolute Gasteiger partial charge is 0.481 e. The molecule has 4 nitrogen and oxygen atoms in total. The number of carboxylic acid groups (broad SMARTS) is 1. The summed E-state index contributed by atoms with van der Waals surface area (Å²) in [5, 5.41) is 9.11. The molecule has 1 atom stereocenters. The summed E-state index contributed by atoms with van der Waals surface area (Å²) < 4.78 is 2.72. The van der Waals surface area contributed by atoms with Crippen LogP contribution >= 0.6 is 22.9 Å². The van der Waals surface area contributed by atoms with Gasteiger partial charge in [0.1, 0.15) is 5.82 Å². The van der Waals surface area contributed by atoms with E-state index < -0.39 is 5.97 Å². The number of thiophene rings is 1. The molecule has 0 aliphatic carbocycles. The average molecular weight is 283 g/mol. The molecule has 1 aliphatic heterocycles. The fourth-order valence-electron chi connectivity index (χ4n) is 2.28. The minimum absolute atomic E-state index is 0.319. The van der Waals surface area contributed by atoms with E-state index in [9.17, 15) is 4.79 Å². The summed E-state index contributed by atoms with van der Waals surface area (Å²) >= 11 is 7.39. The normalized spacial score (nSPS) is 18.6. The Balaban J connectivity index is 1.99. The number of aliphatic carboxylic acids is 1. The van der Waals surface area contributed by atoms with Crippen molar-refractivity contribution in [1.82, 2.24) is 9.55 Å². The van der Waals surface area contributed by atoms with Crippen LogP contribution in [0.3, 0.4) is 0 Å². The second-order valence-electron chi connectivity index (χ2n) is 4.36. The van der Waals surface area contributed by atoms with Crippen molar-refractivity contribution in [3.63, 3.8) is 0 Å². The highest BCUT2D eigenvalue weighted by atomic mass is 35.5. The molecule has 3 heterocycles. The van der Waals surface area contributed by atoms with E-state index in [0.29, 0.717) is 17.3 Å². The van der Waals surface area contributed by atoms with E-state index in [0.717, 1.165) is 22.8 Å². The molecule has 0 amide bonds. The number of rotatable bonds is 2. The van der Waals surface area contributed by atoms with Crippen molar-refractivity contribution in [2.75, 3.05) is 0 Å². The number of hydrogen-bond acceptors (Lipinski definition) is 3. The number of imidazole rings is 1. The molecule has 0 aromatic carbocycles. The summed E-state index contributed by atoms with van der Waals surface area (Å²) in [5.74, 6) is -0.224. The maximum absolute atomic E-state index is 11.1. The lowest BCUT2D eigenvalue weighted by Gasteiger charge is -2.22. The number of aryl methyl sites for hydroxylation is 1. The fourth-order valence-corrected chi connectivity index (χ4v) is 3.33. The van der Waals surface area contributed by atoms with E-state index in [1.54, 1.807) is 0 Å². The van der Waals surface area contributed by atoms with E-state index in [2.05, 4.69) is 4.98 Å². The van der Waals surface area contributed by atoms with Crippen LogP contribution in [0.1, 0.15) is 12.1 Å². The SMILES string of the molecule is O=C(O)C1CCc2cnc(-c3ccc(Cl)s3)n2C1. The molecule has 1 N–H and O–H groups in total. The van der Waals surface area contributed by atoms with E-state index in [-0.39, 0.29) is 5.92 Å². The number of hydrogen-bond donors (Lipinski definition) is 1. The predicted molar refractivity (Wildman–Crippen MR) is 70.0 cm³/mol. The Morgan fingerprint density at radius 2 is 2.39 bits per heavy atom. The van der Waals surface area contributed by atoms with Crippen LogP contribution in [0.15, 0.2) is 18.3 Å². The summed E-state index contributed by atoms with van der Waals surface area (Å²) in [5.41, 5.74) is 1.10. The molecule has 2 aromatic heterocycles. The number of carbonyl (C=O) groups is 1. The topological polar surface area (TPSA) is 55.1 Å². The quantitative estimate of drug-likeness (QED) is 0.921. The van der Waals surface area contributed by atoms with E-state index >= 15 is 0 Å². The molecule has 18 heavy (non-hydrogen) atoms. The zero-order valence-corrected chi connectivity index (χ0v) is 11.0. The van der Waals surface area contributed by atoms with Gasteiger partial charge in [-0.05, 0) is 25.0 Å². The molecule has 2 aromatic rings. The molecule has 1 aliphatic rings. The minimum atomic E-state index is -0.732. The molecule has 0 saturated heterocycles. The number of fused-ring (bicyclic) bond motifs is 1. The third-order valence-corrected chi connectivity index (χ3v) is 4.46. The van der Waals surface area contributed by atoms with Crippen LogP contribution in [0.2, 0.25) is 4.34 Å². The maximum Gasteiger partial charge on any atom is 0.308 e. The van der Waals surface area contributed by atoms with Gasteiger partial charge in [-0.15, -0.1) is 11.3 Å². The summed E-state index contributed by atoms with van der Waals surface area (Å²) in [4.78, 5) is 16.5. The Hall–Kier alpha value is -1.33. The lowest BCUT2D eigenvalue weighted by atomic mass is 9.98. The monoisotopic (exact) mass is 282 g/mol. The van der Waals surface area contributed by atoms with E-state index in [1.807, 2.05) is 22.9 Å². The predicted octanol–water partition coefficient (Wildman–Crippen LogP) is 2.91. The van der Waals surface area contributed by atoms with Gasteiger partial charge in [0, 0.05) is 18.4 Å². The van der Waals surface area contributed by atoms with Crippen molar-refractivity contribution in [2.45, 2.75) is 19.4 Å². The van der Waals surface area contributed by atoms with Crippen LogP contribution in [0.25, 0.3) is 10.7 Å². The molecule has 0 radical (unpaired) electrons. The van der Waals surface area contributed by atoms with Crippen LogP contribution in [0.4, 0.5) is 0 Å². The summed E-state index contributed by atoms with van der Waals surface area (Å²) in [6.07, 6.45) is 3.29. The highest BCUT2D eigenvalue weighted by Gasteiger charge is 2.26. The molecule has 0 fully saturated rings. The van der Waals surface area contributed by atoms with Gasteiger partial charge in [-0.3, -0.25) is 4.79 Å². The molecule has 3 rings (SSSR count). The van der Waals surface area contributed by atoms with Gasteiger partial charge in [-0.25, -0.2) is 4.98 Å². The lowest BCUT2D eigenvalue weighted by molar-refractivity contribution is -0.142. The van der Waals surface area contributed by atoms with Crippen molar-refractivity contribution in [3.05, 3.63) is 28.4 Å². The number of carboxylic acids is 1. The average Bonchev–Trinajstić information content (AvgIpc) is 2.93. The lowest BCUT2D eigenvalue weighted by Crippen LogP contribution is -2.26. The second-order valence-corrected chi connectivity index (χ2v) is 6.08. The van der Waals surface area contributed by atoms with Crippen molar-refractivity contribution in [1.29, 1.82) is 0 Å². The van der Waals surface area contributed by atoms with Crippen molar-refractivity contribution >= 4 is 28.9 Å². The molecule has 0 saturated carbocycles. The van der Waals surface area contributed by atoms with Crippen LogP contribution in [-0.2, 0) is 17.8 Å². The minimum Gasteiger partial charge on any atom is -0.481 e. The van der Waals surface area contributed by atoms with Crippen LogP contribution in [0, 0.1) is 5.92 Å². The number of halogens is 1. The van der Waals surface area contributed by atoms with Gasteiger partial charge in [0.25, 0.3) is 0 Å². The first-order valence-electron chi connectivity index (χ1n) is 5.68. The third-order valence-electron chi connectivity index (χ3n) is 3.23. The van der Waals surface area contributed by atoms with Crippen molar-refractivity contribution in [2.24, 2.45) is 5.92 Å². The molecular weight excluding hydrogens is 272 g/mol. The van der Waals surface area contributed by atoms with Gasteiger partial charge >= 0.3 is 5.97 Å². The number of aromatic nitrogens is 2. The van der Waals surface area contributed by atoms with Gasteiger partial charge in [-0.2, -0.15) is 0 Å². The second kappa shape index (κ2) is 4.40. The Labute approximate surface area is 113 Å². The van der Waals surface area contributed by atoms with Crippen molar-refractivity contribution in [3.8, 4) is 10.7 Å². The Morgan fingerprint density at radius 1 is 1.56 bits per heavy atom. The molecular formula is C12H11ClN2O2S. The zero-order valence-electron chi connectivity index (χ0n) is 9.47. The van der Waals surface area contributed by atoms with Crippen LogP contribution in [-0.4, -0.2) is 20.6 Å². The molecule has 0 spiro atoms. The summed E-state index contributed by atoms with van der Waals surface area (Å²) in [6, 6.07) is 3.76. The third kappa shape index (κ3) is 1.93. The van der Waals surface area contributed by atoms with Crippen LogP contribution < -0.4 is 0 Å². The Morgan fingerprint density at radius 3 is 3.06 bits per heavy atom. The highest BCUT2D eigenvalue weighted by Crippen LogP contribution is 2.33. The Kier molecular flexibility index (Phi) is 2.87. The highest BCUT2D eigenvalue weighted by molar-refractivity contribution is 7.19. The fraction of sp³-hybridized carbons (Fsp3) is 0.333. The maximum atomic E-state index is 11.1. The van der Waals surface area contributed by atoms with Gasteiger partial charge in [0.15, 0.2) is 0 Å². The Bertz CT molecular complexity index is 605. The standard InChI is InChI=1S/C12H11ClN2O2S/c13-10-4-3-9(18-10)11-14-5-8-2-1-7(12(16)17)6-15(8)11/h3-5,7H,1-2,6H2,(H,16,17). The van der Waals surface area contributed by atoms with E-state index in [4.69, 9.17) is 16.7 Å². The van der Waals surface area contributed by atoms with Crippen LogP contribution in [0.5, 0.6) is 0 Å². The summed E-state index contributed by atoms with van der Waals surface area (Å²) in [6.45, 7) is 0.496. The molecule has 94 valence electrons. The van der Waals surface area contributed by atoms with Gasteiger partial charge in [-0.1, -0.05) is 11.6 Å². The van der Waals surface area contributed by atoms with Gasteiger partial charge in [0.05, 0.1) is 15.1 Å². The van der Waals surface area contributed by atoms with E-state index in [1.165, 1.54) is 11.3 Å².